The van der Waals surface area contributed by atoms with Crippen LogP contribution >= 0.6 is 0 Å². The molecule has 0 spiro atoms. The molecule has 1 aromatic rings. The van der Waals surface area contributed by atoms with Gasteiger partial charge in [0.25, 0.3) is 5.56 Å². The van der Waals surface area contributed by atoms with Crippen LogP contribution in [-0.2, 0) is 6.54 Å². The van der Waals surface area contributed by atoms with E-state index in [1.807, 2.05) is 6.92 Å². The van der Waals surface area contributed by atoms with Crippen LogP contribution in [0.25, 0.3) is 0 Å². The number of hydrogen-bond donors (Lipinski definition) is 3. The number of rotatable bonds is 4. The molecular formula is C9H15N3O2. The molecule has 1 rings (SSSR count). The first kappa shape index (κ1) is 10.7. The van der Waals surface area contributed by atoms with Gasteiger partial charge < -0.3 is 10.3 Å². The average molecular weight is 197 g/mol. The van der Waals surface area contributed by atoms with Crippen molar-refractivity contribution in [2.24, 2.45) is 0 Å². The maximum absolute atomic E-state index is 11.2. The van der Waals surface area contributed by atoms with E-state index in [0.29, 0.717) is 18.2 Å². The maximum Gasteiger partial charge on any atom is 0.325 e. The minimum atomic E-state index is -0.470. The number of nitrogens with one attached hydrogen (secondary N) is 3. The van der Waals surface area contributed by atoms with Crippen molar-refractivity contribution in [2.75, 3.05) is 0 Å². The highest BCUT2D eigenvalue weighted by Crippen LogP contribution is 1.90. The van der Waals surface area contributed by atoms with Gasteiger partial charge in [-0.05, 0) is 13.3 Å². The first-order chi connectivity index (χ1) is 6.63. The Bertz CT molecular complexity index is 394. The van der Waals surface area contributed by atoms with Crippen LogP contribution in [0.5, 0.6) is 0 Å². The van der Waals surface area contributed by atoms with Gasteiger partial charge >= 0.3 is 5.69 Å². The Morgan fingerprint density at radius 3 is 2.79 bits per heavy atom. The van der Waals surface area contributed by atoms with Gasteiger partial charge in [0.2, 0.25) is 0 Å². The van der Waals surface area contributed by atoms with E-state index in [4.69, 9.17) is 0 Å². The molecule has 0 aromatic carbocycles. The number of hydrogen-bond acceptors (Lipinski definition) is 3. The molecule has 5 nitrogen and oxygen atoms in total. The van der Waals surface area contributed by atoms with Crippen LogP contribution in [-0.4, -0.2) is 16.0 Å². The van der Waals surface area contributed by atoms with Crippen molar-refractivity contribution in [3.63, 3.8) is 0 Å². The van der Waals surface area contributed by atoms with Crippen molar-refractivity contribution in [1.29, 1.82) is 0 Å². The van der Waals surface area contributed by atoms with Crippen LogP contribution in [0.3, 0.4) is 0 Å². The van der Waals surface area contributed by atoms with E-state index in [9.17, 15) is 9.59 Å². The predicted molar refractivity (Wildman–Crippen MR) is 54.3 cm³/mol. The highest BCUT2D eigenvalue weighted by atomic mass is 16.2. The lowest BCUT2D eigenvalue weighted by Crippen LogP contribution is -2.31. The largest absolute Gasteiger partial charge is 0.325 e. The minimum Gasteiger partial charge on any atom is -0.314 e. The molecule has 0 amide bonds. The molecule has 0 aliphatic rings. The molecule has 14 heavy (non-hydrogen) atoms. The summed E-state index contributed by atoms with van der Waals surface area (Å²) in [5.74, 6) is 0. The van der Waals surface area contributed by atoms with Crippen molar-refractivity contribution < 1.29 is 0 Å². The topological polar surface area (TPSA) is 77.8 Å². The van der Waals surface area contributed by atoms with Gasteiger partial charge in [0.1, 0.15) is 0 Å². The molecule has 0 aliphatic carbocycles. The molecule has 78 valence electrons. The summed E-state index contributed by atoms with van der Waals surface area (Å²) in [4.78, 5) is 26.5. The van der Waals surface area contributed by atoms with Gasteiger partial charge in [-0.1, -0.05) is 6.92 Å². The molecule has 3 N–H and O–H groups in total. The van der Waals surface area contributed by atoms with E-state index >= 15 is 0 Å². The van der Waals surface area contributed by atoms with Gasteiger partial charge in [-0.3, -0.25) is 9.78 Å². The Morgan fingerprint density at radius 1 is 1.50 bits per heavy atom. The fourth-order valence-corrected chi connectivity index (χ4v) is 0.998. The van der Waals surface area contributed by atoms with Crippen LogP contribution in [0.2, 0.25) is 0 Å². The minimum absolute atomic E-state index is 0.329. The van der Waals surface area contributed by atoms with E-state index in [2.05, 4.69) is 22.2 Å². The Hall–Kier alpha value is -1.36. The summed E-state index contributed by atoms with van der Waals surface area (Å²) in [6.07, 6.45) is 2.44. The van der Waals surface area contributed by atoms with Crippen LogP contribution in [0.15, 0.2) is 15.8 Å². The molecule has 1 atom stereocenters. The van der Waals surface area contributed by atoms with E-state index in [0.717, 1.165) is 6.42 Å². The first-order valence-electron chi connectivity index (χ1n) is 4.67. The van der Waals surface area contributed by atoms with Gasteiger partial charge in [0.15, 0.2) is 0 Å². The van der Waals surface area contributed by atoms with Crippen molar-refractivity contribution in [2.45, 2.75) is 32.9 Å². The Balaban J connectivity index is 2.68. The van der Waals surface area contributed by atoms with Gasteiger partial charge in [0.05, 0.1) is 0 Å². The lowest BCUT2D eigenvalue weighted by atomic mass is 10.2. The van der Waals surface area contributed by atoms with Gasteiger partial charge in [-0.15, -0.1) is 0 Å². The van der Waals surface area contributed by atoms with Crippen molar-refractivity contribution in [1.82, 2.24) is 15.3 Å². The third kappa shape index (κ3) is 2.85. The summed E-state index contributed by atoms with van der Waals surface area (Å²) in [5.41, 5.74) is -0.253. The Morgan fingerprint density at radius 2 is 2.21 bits per heavy atom. The number of H-pyrrole nitrogens is 2. The highest BCUT2D eigenvalue weighted by molar-refractivity contribution is 5.02. The summed E-state index contributed by atoms with van der Waals surface area (Å²) < 4.78 is 0. The molecule has 0 unspecified atom stereocenters. The SMILES string of the molecule is CC[C@H](C)NCc1c[nH]c(=O)[nH]c1=O. The van der Waals surface area contributed by atoms with E-state index in [-0.39, 0.29) is 5.56 Å². The number of aromatic amines is 2. The summed E-state index contributed by atoms with van der Waals surface area (Å²) >= 11 is 0. The molecule has 0 saturated heterocycles. The highest BCUT2D eigenvalue weighted by Gasteiger charge is 2.01. The molecule has 0 aliphatic heterocycles. The zero-order chi connectivity index (χ0) is 10.6. The second-order valence-electron chi connectivity index (χ2n) is 3.29. The van der Waals surface area contributed by atoms with Gasteiger partial charge in [-0.25, -0.2) is 4.79 Å². The fraction of sp³-hybridized carbons (Fsp3) is 0.556. The first-order valence-corrected chi connectivity index (χ1v) is 4.67. The normalized spacial score (nSPS) is 12.7. The third-order valence-electron chi connectivity index (χ3n) is 2.15. The zero-order valence-corrected chi connectivity index (χ0v) is 8.39. The van der Waals surface area contributed by atoms with E-state index in [1.54, 1.807) is 0 Å². The van der Waals surface area contributed by atoms with Crippen LogP contribution < -0.4 is 16.6 Å². The summed E-state index contributed by atoms with van der Waals surface area (Å²) in [5, 5.41) is 3.17. The molecule has 5 heteroatoms. The molecule has 0 bridgehead atoms. The van der Waals surface area contributed by atoms with Crippen LogP contribution in [0, 0.1) is 0 Å². The van der Waals surface area contributed by atoms with Gasteiger partial charge in [-0.2, -0.15) is 0 Å². The average Bonchev–Trinajstić information content (AvgIpc) is 2.16. The summed E-state index contributed by atoms with van der Waals surface area (Å²) in [6, 6.07) is 0.362. The molecule has 1 heterocycles. The second kappa shape index (κ2) is 4.76. The van der Waals surface area contributed by atoms with E-state index < -0.39 is 5.69 Å². The fourth-order valence-electron chi connectivity index (χ4n) is 0.998. The van der Waals surface area contributed by atoms with E-state index in [1.165, 1.54) is 6.20 Å². The van der Waals surface area contributed by atoms with Gasteiger partial charge in [0, 0.05) is 24.3 Å². The quantitative estimate of drug-likeness (QED) is 0.633. The number of aromatic nitrogens is 2. The molecule has 0 saturated carbocycles. The molecule has 1 aromatic heterocycles. The van der Waals surface area contributed by atoms with Crippen molar-refractivity contribution in [3.05, 3.63) is 32.6 Å². The second-order valence-corrected chi connectivity index (χ2v) is 3.29. The standard InChI is InChI=1S/C9H15N3O2/c1-3-6(2)10-4-7-5-11-9(14)12-8(7)13/h5-6,10H,3-4H2,1-2H3,(H2,11,12,13,14)/t6-/m0/s1. The van der Waals surface area contributed by atoms with Crippen LogP contribution in [0.1, 0.15) is 25.8 Å². The summed E-state index contributed by atoms with van der Waals surface area (Å²) in [6.45, 7) is 4.58. The van der Waals surface area contributed by atoms with Crippen molar-refractivity contribution >= 4 is 0 Å². The zero-order valence-electron chi connectivity index (χ0n) is 8.39. The smallest absolute Gasteiger partial charge is 0.314 e. The molecule has 0 fully saturated rings. The monoisotopic (exact) mass is 197 g/mol. The maximum atomic E-state index is 11.2. The Kier molecular flexibility index (Phi) is 3.64. The third-order valence-corrected chi connectivity index (χ3v) is 2.15. The molecular weight excluding hydrogens is 182 g/mol. The Labute approximate surface area is 81.6 Å². The lowest BCUT2D eigenvalue weighted by Gasteiger charge is -2.09. The van der Waals surface area contributed by atoms with Crippen LogP contribution in [0.4, 0.5) is 0 Å². The summed E-state index contributed by atoms with van der Waals surface area (Å²) in [7, 11) is 0. The predicted octanol–water partition coefficient (Wildman–Crippen LogP) is -0.0487. The molecule has 0 radical (unpaired) electrons. The van der Waals surface area contributed by atoms with Crippen molar-refractivity contribution in [3.8, 4) is 0 Å². The lowest BCUT2D eigenvalue weighted by molar-refractivity contribution is 0.531.